The lowest BCUT2D eigenvalue weighted by molar-refractivity contribution is -1.03. The van der Waals surface area contributed by atoms with Crippen LogP contribution in [0.25, 0.3) is 0 Å². The first-order valence-electron chi connectivity index (χ1n) is 8.21. The van der Waals surface area contributed by atoms with Crippen LogP contribution in [0.3, 0.4) is 0 Å². The molecule has 0 spiro atoms. The third-order valence-electron chi connectivity index (χ3n) is 4.90. The summed E-state index contributed by atoms with van der Waals surface area (Å²) in [6, 6.07) is 4.59. The van der Waals surface area contributed by atoms with Gasteiger partial charge in [0.25, 0.3) is 0 Å². The highest BCUT2D eigenvalue weighted by atomic mass is 16.5. The van der Waals surface area contributed by atoms with E-state index in [1.165, 1.54) is 32.6 Å². The second kappa shape index (κ2) is 7.70. The summed E-state index contributed by atoms with van der Waals surface area (Å²) in [6.07, 6.45) is 1.25. The summed E-state index contributed by atoms with van der Waals surface area (Å²) < 4.78 is 10.5. The van der Waals surface area contributed by atoms with Gasteiger partial charge in [0.15, 0.2) is 11.5 Å². The number of aromatic hydroxyl groups is 1. The van der Waals surface area contributed by atoms with Crippen molar-refractivity contribution in [1.82, 2.24) is 0 Å². The standard InChI is InChI=1S/C17H28N2O3/c1-5-13(2)19-8-6-18(7-9-19)12-14-10-15(21-3)17(20)16(11-14)22-4/h10-11,13,20H,5-9,12H2,1-4H3/p+2/t13-/m1/s1. The molecular formula is C17H30N2O3+2. The highest BCUT2D eigenvalue weighted by molar-refractivity contribution is 5.52. The van der Waals surface area contributed by atoms with Gasteiger partial charge in [0.2, 0.25) is 5.75 Å². The van der Waals surface area contributed by atoms with Crippen LogP contribution in [0.2, 0.25) is 0 Å². The zero-order chi connectivity index (χ0) is 16.1. The molecule has 1 heterocycles. The van der Waals surface area contributed by atoms with Crippen LogP contribution in [0.4, 0.5) is 0 Å². The predicted molar refractivity (Wildman–Crippen MR) is 86.1 cm³/mol. The van der Waals surface area contributed by atoms with Crippen LogP contribution in [-0.2, 0) is 6.54 Å². The lowest BCUT2D eigenvalue weighted by Gasteiger charge is -2.33. The summed E-state index contributed by atoms with van der Waals surface area (Å²) in [5, 5.41) is 9.98. The minimum atomic E-state index is 0.0785. The topological polar surface area (TPSA) is 47.6 Å². The molecule has 1 aliphatic heterocycles. The van der Waals surface area contributed by atoms with Crippen molar-refractivity contribution in [2.45, 2.75) is 32.9 Å². The van der Waals surface area contributed by atoms with Gasteiger partial charge in [-0.1, -0.05) is 6.92 Å². The number of hydrogen-bond acceptors (Lipinski definition) is 3. The van der Waals surface area contributed by atoms with Crippen molar-refractivity contribution in [3.63, 3.8) is 0 Å². The van der Waals surface area contributed by atoms with E-state index in [9.17, 15) is 5.11 Å². The molecule has 0 unspecified atom stereocenters. The Kier molecular flexibility index (Phi) is 5.91. The zero-order valence-corrected chi connectivity index (χ0v) is 14.2. The fourth-order valence-electron chi connectivity index (χ4n) is 3.22. The second-order valence-electron chi connectivity index (χ2n) is 6.24. The minimum Gasteiger partial charge on any atom is -0.502 e. The van der Waals surface area contributed by atoms with Crippen molar-refractivity contribution < 1.29 is 24.4 Å². The fraction of sp³-hybridized carbons (Fsp3) is 0.647. The van der Waals surface area contributed by atoms with Crippen LogP contribution in [0.15, 0.2) is 12.1 Å². The summed E-state index contributed by atoms with van der Waals surface area (Å²) in [7, 11) is 3.14. The molecule has 5 heteroatoms. The maximum absolute atomic E-state index is 9.98. The molecule has 0 bridgehead atoms. The van der Waals surface area contributed by atoms with Crippen molar-refractivity contribution in [2.75, 3.05) is 40.4 Å². The van der Waals surface area contributed by atoms with Crippen molar-refractivity contribution in [3.8, 4) is 17.2 Å². The lowest BCUT2D eigenvalue weighted by atomic mass is 10.1. The Morgan fingerprint density at radius 2 is 1.64 bits per heavy atom. The van der Waals surface area contributed by atoms with Gasteiger partial charge in [-0.25, -0.2) is 0 Å². The summed E-state index contributed by atoms with van der Waals surface area (Å²) >= 11 is 0. The Bertz CT molecular complexity index is 460. The molecule has 22 heavy (non-hydrogen) atoms. The fourth-order valence-corrected chi connectivity index (χ4v) is 3.22. The summed E-state index contributed by atoms with van der Waals surface area (Å²) in [5.41, 5.74) is 1.15. The molecule has 3 N–H and O–H groups in total. The number of rotatable bonds is 6. The van der Waals surface area contributed by atoms with Crippen molar-refractivity contribution >= 4 is 0 Å². The number of piperazine rings is 1. The monoisotopic (exact) mass is 310 g/mol. The number of hydrogen-bond donors (Lipinski definition) is 3. The molecule has 1 atom stereocenters. The van der Waals surface area contributed by atoms with Gasteiger partial charge in [0.1, 0.15) is 32.7 Å². The van der Waals surface area contributed by atoms with E-state index in [4.69, 9.17) is 9.47 Å². The van der Waals surface area contributed by atoms with Crippen LogP contribution >= 0.6 is 0 Å². The molecule has 0 radical (unpaired) electrons. The van der Waals surface area contributed by atoms with Gasteiger partial charge in [0.05, 0.1) is 20.3 Å². The lowest BCUT2D eigenvalue weighted by Crippen LogP contribution is -3.29. The molecule has 1 aliphatic rings. The average Bonchev–Trinajstić information content (AvgIpc) is 2.56. The van der Waals surface area contributed by atoms with E-state index < -0.39 is 0 Å². The van der Waals surface area contributed by atoms with Gasteiger partial charge < -0.3 is 24.4 Å². The molecule has 0 aliphatic carbocycles. The normalized spacial score (nSPS) is 23.1. The van der Waals surface area contributed by atoms with Gasteiger partial charge >= 0.3 is 0 Å². The number of methoxy groups -OCH3 is 2. The highest BCUT2D eigenvalue weighted by Crippen LogP contribution is 2.36. The van der Waals surface area contributed by atoms with Crippen LogP contribution in [0.5, 0.6) is 17.2 Å². The first-order valence-corrected chi connectivity index (χ1v) is 8.21. The number of nitrogens with one attached hydrogen (secondary N) is 2. The second-order valence-corrected chi connectivity index (χ2v) is 6.24. The molecule has 2 rings (SSSR count). The quantitative estimate of drug-likeness (QED) is 0.663. The molecule has 1 aromatic rings. The number of phenolic OH excluding ortho intramolecular Hbond substituents is 1. The van der Waals surface area contributed by atoms with E-state index >= 15 is 0 Å². The molecule has 1 fully saturated rings. The first-order chi connectivity index (χ1) is 10.6. The van der Waals surface area contributed by atoms with Gasteiger partial charge in [-0.05, 0) is 25.5 Å². The molecular weight excluding hydrogens is 280 g/mol. The summed E-state index contributed by atoms with van der Waals surface area (Å²) in [5.74, 6) is 1.05. The molecule has 1 saturated heterocycles. The Balaban J connectivity index is 2.00. The van der Waals surface area contributed by atoms with Gasteiger partial charge in [-0.15, -0.1) is 0 Å². The first kappa shape index (κ1) is 16.9. The molecule has 0 saturated carbocycles. The maximum Gasteiger partial charge on any atom is 0.200 e. The van der Waals surface area contributed by atoms with E-state index in [1.807, 2.05) is 12.1 Å². The third-order valence-corrected chi connectivity index (χ3v) is 4.90. The Morgan fingerprint density at radius 1 is 1.09 bits per heavy atom. The van der Waals surface area contributed by atoms with Gasteiger partial charge in [0, 0.05) is 5.56 Å². The minimum absolute atomic E-state index is 0.0785. The molecule has 5 nitrogen and oxygen atoms in total. The van der Waals surface area contributed by atoms with Crippen LogP contribution in [-0.4, -0.2) is 51.5 Å². The van der Waals surface area contributed by atoms with Crippen molar-refractivity contribution in [2.24, 2.45) is 0 Å². The van der Waals surface area contributed by atoms with Crippen LogP contribution in [0, 0.1) is 0 Å². The third kappa shape index (κ3) is 3.84. The van der Waals surface area contributed by atoms with E-state index in [1.54, 1.807) is 24.0 Å². The molecule has 1 aromatic carbocycles. The Hall–Kier alpha value is -1.46. The number of benzene rings is 1. The number of phenols is 1. The number of ether oxygens (including phenoxy) is 2. The van der Waals surface area contributed by atoms with Crippen molar-refractivity contribution in [3.05, 3.63) is 17.7 Å². The summed E-state index contributed by atoms with van der Waals surface area (Å²) in [6.45, 7) is 10.4. The van der Waals surface area contributed by atoms with Gasteiger partial charge in [-0.2, -0.15) is 0 Å². The molecule has 0 amide bonds. The van der Waals surface area contributed by atoms with Crippen molar-refractivity contribution in [1.29, 1.82) is 0 Å². The summed E-state index contributed by atoms with van der Waals surface area (Å²) in [4.78, 5) is 3.31. The van der Waals surface area contributed by atoms with E-state index in [0.717, 1.165) is 18.2 Å². The molecule has 124 valence electrons. The van der Waals surface area contributed by atoms with E-state index in [0.29, 0.717) is 11.5 Å². The van der Waals surface area contributed by atoms with E-state index in [-0.39, 0.29) is 5.75 Å². The smallest absolute Gasteiger partial charge is 0.200 e. The predicted octanol–water partition coefficient (Wildman–Crippen LogP) is -0.509. The number of quaternary nitrogens is 2. The SMILES string of the molecule is CC[C@@H](C)[NH+]1CC[NH+](Cc2cc(OC)c(O)c(OC)c2)CC1. The van der Waals surface area contributed by atoms with Crippen LogP contribution in [0.1, 0.15) is 25.8 Å². The van der Waals surface area contributed by atoms with Crippen LogP contribution < -0.4 is 19.3 Å². The average molecular weight is 310 g/mol. The highest BCUT2D eigenvalue weighted by Gasteiger charge is 2.26. The zero-order valence-electron chi connectivity index (χ0n) is 14.2. The molecule has 0 aromatic heterocycles. The van der Waals surface area contributed by atoms with E-state index in [2.05, 4.69) is 13.8 Å². The Morgan fingerprint density at radius 3 is 2.09 bits per heavy atom. The van der Waals surface area contributed by atoms with Gasteiger partial charge in [-0.3, -0.25) is 0 Å². The Labute approximate surface area is 133 Å². The largest absolute Gasteiger partial charge is 0.502 e. The maximum atomic E-state index is 9.98.